The number of pyridine rings is 1. The molecule has 5 aromatic rings. The van der Waals surface area contributed by atoms with Gasteiger partial charge in [-0.15, -0.1) is 0 Å². The maximum Gasteiger partial charge on any atom is 0.301 e. The first-order valence-electron chi connectivity index (χ1n) is 14.4. The minimum atomic E-state index is -1.01. The number of thiazole rings is 1. The fraction of sp³-hybridized carbons (Fsp3) is 0.273. The van der Waals surface area contributed by atoms with Crippen molar-refractivity contribution in [3.63, 3.8) is 0 Å². The maximum atomic E-state index is 13.8. The summed E-state index contributed by atoms with van der Waals surface area (Å²) in [6, 6.07) is 13.3. The Bertz CT molecular complexity index is 1960. The highest BCUT2D eigenvalue weighted by Gasteiger charge is 2.49. The number of methoxy groups -OCH3 is 1. The number of imidazole rings is 1. The van der Waals surface area contributed by atoms with Crippen molar-refractivity contribution in [1.29, 1.82) is 0 Å². The molecule has 1 atom stereocenters. The van der Waals surface area contributed by atoms with Gasteiger partial charge in [0.15, 0.2) is 22.4 Å². The Morgan fingerprint density at radius 2 is 1.89 bits per heavy atom. The van der Waals surface area contributed by atoms with E-state index in [1.165, 1.54) is 23.3 Å². The summed E-state index contributed by atoms with van der Waals surface area (Å²) < 4.78 is 14.3. The number of halogens is 1. The van der Waals surface area contributed by atoms with Gasteiger partial charge < -0.3 is 19.0 Å². The van der Waals surface area contributed by atoms with E-state index >= 15 is 0 Å². The van der Waals surface area contributed by atoms with Gasteiger partial charge in [0.25, 0.3) is 5.78 Å². The van der Waals surface area contributed by atoms with Crippen LogP contribution in [-0.4, -0.2) is 44.9 Å². The summed E-state index contributed by atoms with van der Waals surface area (Å²) in [6.07, 6.45) is 4.86. The molecule has 44 heavy (non-hydrogen) atoms. The number of aliphatic hydroxyl groups is 1. The first-order chi connectivity index (χ1) is 21.2. The molecule has 11 heteroatoms. The number of hydrogen-bond acceptors (Lipinski definition) is 8. The highest BCUT2D eigenvalue weighted by atomic mass is 35.5. The standard InChI is InChI=1S/C33H31ClN4O5S/c1-5-6-7-15-43-23-13-10-20(16-24(23)42-4)28-26(29(39)27-19(3)37-14-8-9-18(2)31(37)36-27)30(40)32(41)38(28)33-35-22-12-11-21(34)17-25(22)44-33/h8-14,16-17,28,39H,5-7,15H2,1-4H3. The lowest BCUT2D eigenvalue weighted by atomic mass is 9.96. The zero-order valence-corrected chi connectivity index (χ0v) is 26.3. The van der Waals surface area contributed by atoms with E-state index in [4.69, 9.17) is 21.1 Å². The molecule has 6 rings (SSSR count). The number of aliphatic hydroxyl groups excluding tert-OH is 1. The van der Waals surface area contributed by atoms with Gasteiger partial charge in [-0.3, -0.25) is 14.5 Å². The van der Waals surface area contributed by atoms with Crippen molar-refractivity contribution in [3.8, 4) is 11.5 Å². The van der Waals surface area contributed by atoms with Gasteiger partial charge in [0.05, 0.1) is 41.2 Å². The quantitative estimate of drug-likeness (QED) is 0.0782. The minimum Gasteiger partial charge on any atom is -0.505 e. The van der Waals surface area contributed by atoms with Crippen molar-refractivity contribution in [2.24, 2.45) is 0 Å². The number of hydrogen-bond donors (Lipinski definition) is 1. The lowest BCUT2D eigenvalue weighted by Crippen LogP contribution is -2.29. The Morgan fingerprint density at radius 3 is 2.64 bits per heavy atom. The topological polar surface area (TPSA) is 106 Å². The first kappa shape index (κ1) is 29.7. The highest BCUT2D eigenvalue weighted by Crippen LogP contribution is 2.46. The monoisotopic (exact) mass is 630 g/mol. The number of Topliss-reactive ketones (excluding diaryl/α,β-unsaturated/α-hetero) is 1. The summed E-state index contributed by atoms with van der Waals surface area (Å²) in [4.78, 5) is 38.3. The van der Waals surface area contributed by atoms with Crippen LogP contribution in [0.15, 0.2) is 60.3 Å². The van der Waals surface area contributed by atoms with E-state index < -0.39 is 17.7 Å². The number of nitrogens with zero attached hydrogens (tertiary/aromatic N) is 4. The molecule has 0 radical (unpaired) electrons. The molecule has 1 N–H and O–H groups in total. The second-order valence-corrected chi connectivity index (χ2v) is 12.1. The summed E-state index contributed by atoms with van der Waals surface area (Å²) in [5, 5.41) is 12.6. The number of anilines is 1. The third kappa shape index (κ3) is 5.07. The van der Waals surface area contributed by atoms with Crippen LogP contribution in [0.25, 0.3) is 21.6 Å². The fourth-order valence-corrected chi connectivity index (χ4v) is 6.78. The summed E-state index contributed by atoms with van der Waals surface area (Å²) in [5.74, 6) is -1.01. The smallest absolute Gasteiger partial charge is 0.301 e. The van der Waals surface area contributed by atoms with Crippen molar-refractivity contribution in [3.05, 3.63) is 87.8 Å². The van der Waals surface area contributed by atoms with E-state index in [1.807, 2.05) is 36.6 Å². The predicted molar refractivity (Wildman–Crippen MR) is 172 cm³/mol. The Hall–Kier alpha value is -4.41. The number of fused-ring (bicyclic) bond motifs is 2. The second-order valence-electron chi connectivity index (χ2n) is 10.7. The van der Waals surface area contributed by atoms with Gasteiger partial charge >= 0.3 is 5.91 Å². The van der Waals surface area contributed by atoms with E-state index in [0.29, 0.717) is 50.7 Å². The molecule has 1 saturated heterocycles. The van der Waals surface area contributed by atoms with Gasteiger partial charge in [0.1, 0.15) is 11.3 Å². The Morgan fingerprint density at radius 1 is 1.07 bits per heavy atom. The molecule has 2 aromatic carbocycles. The SMILES string of the molecule is CCCCCOc1ccc(C2C(=C(O)c3nc4c(C)cccn4c3C)C(=O)C(=O)N2c2nc3ccc(Cl)cc3s2)cc1OC. The molecule has 0 spiro atoms. The summed E-state index contributed by atoms with van der Waals surface area (Å²) in [6.45, 7) is 6.39. The van der Waals surface area contributed by atoms with Crippen LogP contribution in [-0.2, 0) is 9.59 Å². The van der Waals surface area contributed by atoms with Crippen LogP contribution in [0.4, 0.5) is 5.13 Å². The van der Waals surface area contributed by atoms with Gasteiger partial charge in [0, 0.05) is 11.2 Å². The summed E-state index contributed by atoms with van der Waals surface area (Å²) >= 11 is 7.46. The zero-order valence-electron chi connectivity index (χ0n) is 24.8. The third-order valence-corrected chi connectivity index (χ3v) is 9.06. The number of unbranched alkanes of at least 4 members (excludes halogenated alkanes) is 2. The Kier molecular flexibility index (Phi) is 8.04. The maximum absolute atomic E-state index is 13.8. The molecule has 3 aromatic heterocycles. The number of carbonyl (C=O) groups excluding carboxylic acids is 2. The molecule has 1 unspecified atom stereocenters. The van der Waals surface area contributed by atoms with E-state index in [1.54, 1.807) is 36.4 Å². The molecule has 226 valence electrons. The van der Waals surface area contributed by atoms with E-state index in [0.717, 1.165) is 29.5 Å². The van der Waals surface area contributed by atoms with Crippen LogP contribution in [0.5, 0.6) is 11.5 Å². The summed E-state index contributed by atoms with van der Waals surface area (Å²) in [5.41, 5.74) is 3.49. The van der Waals surface area contributed by atoms with Gasteiger partial charge in [-0.05, 0) is 67.8 Å². The average Bonchev–Trinajstić information content (AvgIpc) is 3.67. The molecule has 4 heterocycles. The van der Waals surface area contributed by atoms with Crippen LogP contribution in [0.2, 0.25) is 5.02 Å². The van der Waals surface area contributed by atoms with Gasteiger partial charge in [-0.2, -0.15) is 0 Å². The minimum absolute atomic E-state index is 0.0879. The molecule has 0 saturated carbocycles. The van der Waals surface area contributed by atoms with Crippen LogP contribution < -0.4 is 14.4 Å². The molecule has 1 aliphatic heterocycles. The molecule has 1 amide bonds. The normalized spacial score (nSPS) is 16.4. The number of aryl methyl sites for hydroxylation is 2. The number of aromatic nitrogens is 3. The number of carbonyl (C=O) groups is 2. The molecule has 1 aliphatic rings. The molecular formula is C33H31ClN4O5S. The predicted octanol–water partition coefficient (Wildman–Crippen LogP) is 7.42. The van der Waals surface area contributed by atoms with Gasteiger partial charge in [-0.25, -0.2) is 9.97 Å². The van der Waals surface area contributed by atoms with Gasteiger partial charge in [-0.1, -0.05) is 54.8 Å². The van der Waals surface area contributed by atoms with Gasteiger partial charge in [0.2, 0.25) is 0 Å². The van der Waals surface area contributed by atoms with Crippen molar-refractivity contribution >= 4 is 61.4 Å². The van der Waals surface area contributed by atoms with Crippen molar-refractivity contribution in [2.75, 3.05) is 18.6 Å². The molecule has 0 aliphatic carbocycles. The molecule has 0 bridgehead atoms. The van der Waals surface area contributed by atoms with E-state index in [2.05, 4.69) is 16.9 Å². The number of amides is 1. The number of benzene rings is 2. The lowest BCUT2D eigenvalue weighted by Gasteiger charge is -2.23. The fourth-order valence-electron chi connectivity index (χ4n) is 5.52. The summed E-state index contributed by atoms with van der Waals surface area (Å²) in [7, 11) is 1.54. The second kappa shape index (κ2) is 11.9. The first-order valence-corrected chi connectivity index (χ1v) is 15.5. The lowest BCUT2D eigenvalue weighted by molar-refractivity contribution is -0.132. The number of ether oxygens (including phenoxy) is 2. The van der Waals surface area contributed by atoms with Crippen LogP contribution in [0, 0.1) is 13.8 Å². The highest BCUT2D eigenvalue weighted by molar-refractivity contribution is 7.22. The van der Waals surface area contributed by atoms with Crippen molar-refractivity contribution in [2.45, 2.75) is 46.1 Å². The number of ketones is 1. The van der Waals surface area contributed by atoms with Crippen LogP contribution in [0.1, 0.15) is 54.7 Å². The molecule has 1 fully saturated rings. The zero-order chi connectivity index (χ0) is 31.1. The molecular weight excluding hydrogens is 600 g/mol. The molecule has 9 nitrogen and oxygen atoms in total. The van der Waals surface area contributed by atoms with E-state index in [-0.39, 0.29) is 17.0 Å². The van der Waals surface area contributed by atoms with Crippen LogP contribution in [0.3, 0.4) is 0 Å². The number of rotatable bonds is 9. The van der Waals surface area contributed by atoms with E-state index in [9.17, 15) is 14.7 Å². The van der Waals surface area contributed by atoms with Crippen molar-refractivity contribution < 1.29 is 24.2 Å². The Labute approximate surface area is 263 Å². The average molecular weight is 631 g/mol. The third-order valence-electron chi connectivity index (χ3n) is 7.81. The van der Waals surface area contributed by atoms with Crippen LogP contribution >= 0.6 is 22.9 Å². The Balaban J connectivity index is 1.53. The van der Waals surface area contributed by atoms with Crippen molar-refractivity contribution in [1.82, 2.24) is 14.4 Å². The largest absolute Gasteiger partial charge is 0.505 e.